The van der Waals surface area contributed by atoms with E-state index in [0.717, 1.165) is 42.7 Å². The van der Waals surface area contributed by atoms with Gasteiger partial charge in [-0.05, 0) is 38.4 Å². The highest BCUT2D eigenvalue weighted by atomic mass is 19.2. The van der Waals surface area contributed by atoms with Crippen LogP contribution in [0.25, 0.3) is 5.69 Å². The molecule has 2 aromatic rings. The number of hydrogen-bond donors (Lipinski definition) is 2. The number of halogens is 2. The van der Waals surface area contributed by atoms with Gasteiger partial charge in [-0.1, -0.05) is 0 Å². The molecule has 3 rings (SSSR count). The molecule has 0 unspecified atom stereocenters. The summed E-state index contributed by atoms with van der Waals surface area (Å²) in [7, 11) is 1.81. The molecule has 0 spiro atoms. The number of rotatable bonds is 5. The average molecular weight is 320 g/mol. The summed E-state index contributed by atoms with van der Waals surface area (Å²) in [5, 5.41) is 10.1. The van der Waals surface area contributed by atoms with Crippen LogP contribution in [-0.4, -0.2) is 35.8 Å². The van der Waals surface area contributed by atoms with Crippen LogP contribution in [0.4, 0.5) is 8.78 Å². The molecule has 0 saturated carbocycles. The van der Waals surface area contributed by atoms with E-state index in [9.17, 15) is 13.6 Å². The Hall–Kier alpha value is -2.28. The van der Waals surface area contributed by atoms with Crippen molar-refractivity contribution >= 4 is 5.91 Å². The normalized spacial score (nSPS) is 13.2. The van der Waals surface area contributed by atoms with Gasteiger partial charge in [0, 0.05) is 30.4 Å². The lowest BCUT2D eigenvalue weighted by Gasteiger charge is -2.06. The van der Waals surface area contributed by atoms with Gasteiger partial charge in [0.1, 0.15) is 0 Å². The summed E-state index contributed by atoms with van der Waals surface area (Å²) in [6, 6.07) is 3.64. The maximum Gasteiger partial charge on any atom is 0.272 e. The zero-order valence-corrected chi connectivity index (χ0v) is 12.8. The Labute approximate surface area is 132 Å². The Morgan fingerprint density at radius 2 is 2.09 bits per heavy atom. The van der Waals surface area contributed by atoms with Crippen LogP contribution in [0.1, 0.15) is 28.2 Å². The summed E-state index contributed by atoms with van der Waals surface area (Å²) in [5.74, 6) is -2.06. The Bertz CT molecular complexity index is 742. The molecule has 1 aromatic heterocycles. The molecule has 0 atom stereocenters. The minimum atomic E-state index is -0.926. The van der Waals surface area contributed by atoms with Gasteiger partial charge in [0.05, 0.1) is 5.69 Å². The molecule has 1 aromatic carbocycles. The quantitative estimate of drug-likeness (QED) is 0.823. The molecule has 0 saturated heterocycles. The third-order valence-corrected chi connectivity index (χ3v) is 3.95. The average Bonchev–Trinajstić information content (AvgIpc) is 3.12. The molecule has 23 heavy (non-hydrogen) atoms. The molecule has 1 heterocycles. The first kappa shape index (κ1) is 15.6. The predicted molar refractivity (Wildman–Crippen MR) is 81.8 cm³/mol. The van der Waals surface area contributed by atoms with Gasteiger partial charge in [0.2, 0.25) is 0 Å². The standard InChI is InChI=1S/C16H18F2N4O/c1-19-7-8-20-16(23)15-11-3-2-4-14(11)22(21-15)10-5-6-12(17)13(18)9-10/h5-6,9,19H,2-4,7-8H2,1H3,(H,20,23). The smallest absolute Gasteiger partial charge is 0.272 e. The summed E-state index contributed by atoms with van der Waals surface area (Å²) < 4.78 is 28.2. The summed E-state index contributed by atoms with van der Waals surface area (Å²) in [4.78, 5) is 12.3. The Morgan fingerprint density at radius 1 is 1.26 bits per heavy atom. The molecule has 2 N–H and O–H groups in total. The number of hydrogen-bond acceptors (Lipinski definition) is 3. The van der Waals surface area contributed by atoms with Crippen molar-refractivity contribution < 1.29 is 13.6 Å². The Kier molecular flexibility index (Phi) is 4.38. The van der Waals surface area contributed by atoms with Gasteiger partial charge in [-0.25, -0.2) is 13.5 Å². The first-order valence-corrected chi connectivity index (χ1v) is 7.61. The monoisotopic (exact) mass is 320 g/mol. The van der Waals surface area contributed by atoms with Crippen LogP contribution in [0.5, 0.6) is 0 Å². The van der Waals surface area contributed by atoms with Crippen molar-refractivity contribution in [2.75, 3.05) is 20.1 Å². The molecule has 1 aliphatic rings. The predicted octanol–water partition coefficient (Wildman–Crippen LogP) is 1.59. The molecule has 0 fully saturated rings. The second kappa shape index (κ2) is 6.45. The Balaban J connectivity index is 1.95. The number of amides is 1. The van der Waals surface area contributed by atoms with E-state index in [1.54, 1.807) is 4.68 Å². The highest BCUT2D eigenvalue weighted by Gasteiger charge is 2.27. The van der Waals surface area contributed by atoms with Crippen LogP contribution in [0, 0.1) is 11.6 Å². The molecule has 0 bridgehead atoms. The highest BCUT2D eigenvalue weighted by Crippen LogP contribution is 2.28. The summed E-state index contributed by atoms with van der Waals surface area (Å²) in [6.45, 7) is 1.17. The van der Waals surface area contributed by atoms with Crippen molar-refractivity contribution in [1.29, 1.82) is 0 Å². The zero-order chi connectivity index (χ0) is 16.4. The maximum atomic E-state index is 13.5. The van der Waals surface area contributed by atoms with Crippen molar-refractivity contribution in [3.8, 4) is 5.69 Å². The molecular weight excluding hydrogens is 302 g/mol. The van der Waals surface area contributed by atoms with Crippen LogP contribution < -0.4 is 10.6 Å². The number of nitrogens with one attached hydrogen (secondary N) is 2. The first-order valence-electron chi connectivity index (χ1n) is 7.61. The topological polar surface area (TPSA) is 58.9 Å². The fraction of sp³-hybridized carbons (Fsp3) is 0.375. The summed E-state index contributed by atoms with van der Waals surface area (Å²) in [6.07, 6.45) is 2.46. The van der Waals surface area contributed by atoms with Crippen molar-refractivity contribution in [2.24, 2.45) is 0 Å². The summed E-state index contributed by atoms with van der Waals surface area (Å²) >= 11 is 0. The molecule has 5 nitrogen and oxygen atoms in total. The van der Waals surface area contributed by atoms with E-state index in [4.69, 9.17) is 0 Å². The van der Waals surface area contributed by atoms with Crippen molar-refractivity contribution in [1.82, 2.24) is 20.4 Å². The lowest BCUT2D eigenvalue weighted by Crippen LogP contribution is -2.31. The molecule has 0 aliphatic heterocycles. The number of likely N-dealkylation sites (N-methyl/N-ethyl adjacent to an activating group) is 1. The van der Waals surface area contributed by atoms with Gasteiger partial charge < -0.3 is 10.6 Å². The van der Waals surface area contributed by atoms with E-state index in [0.29, 0.717) is 24.5 Å². The van der Waals surface area contributed by atoms with Gasteiger partial charge in [0.15, 0.2) is 17.3 Å². The van der Waals surface area contributed by atoms with Crippen LogP contribution >= 0.6 is 0 Å². The van der Waals surface area contributed by atoms with Crippen LogP contribution in [-0.2, 0) is 12.8 Å². The number of benzene rings is 1. The number of aromatic nitrogens is 2. The number of fused-ring (bicyclic) bond motifs is 1. The molecular formula is C16H18F2N4O. The van der Waals surface area contributed by atoms with Gasteiger partial charge >= 0.3 is 0 Å². The van der Waals surface area contributed by atoms with Gasteiger partial charge in [0.25, 0.3) is 5.91 Å². The SMILES string of the molecule is CNCCNC(=O)c1nn(-c2ccc(F)c(F)c2)c2c1CCC2. The lowest BCUT2D eigenvalue weighted by molar-refractivity contribution is 0.0948. The molecule has 1 aliphatic carbocycles. The summed E-state index contributed by atoms with van der Waals surface area (Å²) in [5.41, 5.74) is 2.60. The van der Waals surface area contributed by atoms with Crippen LogP contribution in [0.15, 0.2) is 18.2 Å². The second-order valence-corrected chi connectivity index (χ2v) is 5.50. The zero-order valence-electron chi connectivity index (χ0n) is 12.8. The first-order chi connectivity index (χ1) is 11.1. The highest BCUT2D eigenvalue weighted by molar-refractivity contribution is 5.94. The minimum Gasteiger partial charge on any atom is -0.349 e. The molecule has 0 radical (unpaired) electrons. The van der Waals surface area contributed by atoms with E-state index in [-0.39, 0.29) is 5.91 Å². The lowest BCUT2D eigenvalue weighted by atomic mass is 10.2. The van der Waals surface area contributed by atoms with Gasteiger partial charge in [-0.2, -0.15) is 5.10 Å². The van der Waals surface area contributed by atoms with E-state index >= 15 is 0 Å². The van der Waals surface area contributed by atoms with E-state index in [1.165, 1.54) is 6.07 Å². The fourth-order valence-electron chi connectivity index (χ4n) is 2.83. The van der Waals surface area contributed by atoms with E-state index in [1.807, 2.05) is 7.05 Å². The molecule has 7 heteroatoms. The Morgan fingerprint density at radius 3 is 2.83 bits per heavy atom. The van der Waals surface area contributed by atoms with Crippen molar-refractivity contribution in [2.45, 2.75) is 19.3 Å². The minimum absolute atomic E-state index is 0.236. The van der Waals surface area contributed by atoms with Gasteiger partial charge in [-0.3, -0.25) is 4.79 Å². The molecule has 122 valence electrons. The number of carbonyl (C=O) groups excluding carboxylic acids is 1. The maximum absolute atomic E-state index is 13.5. The van der Waals surface area contributed by atoms with Crippen LogP contribution in [0.3, 0.4) is 0 Å². The van der Waals surface area contributed by atoms with E-state index in [2.05, 4.69) is 15.7 Å². The molecule has 1 amide bonds. The number of carbonyl (C=O) groups is 1. The third kappa shape index (κ3) is 2.96. The number of nitrogens with zero attached hydrogens (tertiary/aromatic N) is 2. The van der Waals surface area contributed by atoms with E-state index < -0.39 is 11.6 Å². The van der Waals surface area contributed by atoms with Crippen molar-refractivity contribution in [3.05, 3.63) is 46.8 Å². The van der Waals surface area contributed by atoms with Crippen molar-refractivity contribution in [3.63, 3.8) is 0 Å². The fourth-order valence-corrected chi connectivity index (χ4v) is 2.83. The second-order valence-electron chi connectivity index (χ2n) is 5.50. The third-order valence-electron chi connectivity index (χ3n) is 3.95. The van der Waals surface area contributed by atoms with Gasteiger partial charge in [-0.15, -0.1) is 0 Å². The largest absolute Gasteiger partial charge is 0.349 e. The van der Waals surface area contributed by atoms with Crippen LogP contribution in [0.2, 0.25) is 0 Å².